The van der Waals surface area contributed by atoms with E-state index < -0.39 is 0 Å². The molecule has 0 saturated carbocycles. The summed E-state index contributed by atoms with van der Waals surface area (Å²) in [7, 11) is 1.43. The summed E-state index contributed by atoms with van der Waals surface area (Å²) in [4.78, 5) is 0. The van der Waals surface area contributed by atoms with Gasteiger partial charge in [0.15, 0.2) is 0 Å². The Balaban J connectivity index is 1.70. The molecule has 0 amide bonds. The van der Waals surface area contributed by atoms with Crippen LogP contribution in [0.5, 0.6) is 23.0 Å². The highest BCUT2D eigenvalue weighted by atomic mass is 31.1. The number of rotatable bonds is 8. The SMILES string of the molecule is CPOc1cc(OPC)c2ccc3c4ccc5c(OPC)cc(OPC)c6ccc(c7ccc1c2c73)c4c65. The fourth-order valence-corrected chi connectivity index (χ4v) is 7.59. The van der Waals surface area contributed by atoms with Gasteiger partial charge in [0.2, 0.25) is 0 Å². The molecule has 0 N–H and O–H groups in total. The molecule has 0 fully saturated rings. The second-order valence-electron chi connectivity index (χ2n) is 9.11. The predicted octanol–water partition coefficient (Wildman–Crippen LogP) is 9.89. The first kappa shape index (κ1) is 24.6. The molecule has 4 atom stereocenters. The highest BCUT2D eigenvalue weighted by Gasteiger charge is 2.22. The van der Waals surface area contributed by atoms with Gasteiger partial charge in [0.1, 0.15) is 23.0 Å². The molecule has 0 bridgehead atoms. The van der Waals surface area contributed by atoms with Crippen molar-refractivity contribution in [1.29, 1.82) is 0 Å². The molecule has 7 rings (SSSR count). The van der Waals surface area contributed by atoms with Gasteiger partial charge in [-0.25, -0.2) is 0 Å². The van der Waals surface area contributed by atoms with Crippen LogP contribution in [0.4, 0.5) is 0 Å². The summed E-state index contributed by atoms with van der Waals surface area (Å²) in [6, 6.07) is 22.0. The molecule has 0 radical (unpaired) electrons. The maximum Gasteiger partial charge on any atom is 0.134 e. The number of fused-ring (bicyclic) bond motifs is 2. The minimum absolute atomic E-state index is 0.357. The molecule has 8 heteroatoms. The minimum Gasteiger partial charge on any atom is -0.477 e. The van der Waals surface area contributed by atoms with Gasteiger partial charge in [0, 0.05) is 44.5 Å². The molecule has 190 valence electrons. The van der Waals surface area contributed by atoms with E-state index >= 15 is 0 Å². The van der Waals surface area contributed by atoms with Crippen LogP contribution >= 0.6 is 35.2 Å². The first-order valence-electron chi connectivity index (χ1n) is 12.4. The van der Waals surface area contributed by atoms with E-state index in [0.717, 1.165) is 44.5 Å². The maximum atomic E-state index is 6.14. The van der Waals surface area contributed by atoms with Crippen LogP contribution in [0.3, 0.4) is 0 Å². The Hall–Kier alpha value is -2.46. The molecule has 7 aromatic carbocycles. The third-order valence-corrected chi connectivity index (χ3v) is 9.03. The summed E-state index contributed by atoms with van der Waals surface area (Å²) in [6.45, 7) is 8.22. The Kier molecular flexibility index (Phi) is 6.22. The predicted molar refractivity (Wildman–Crippen MR) is 173 cm³/mol. The normalized spacial score (nSPS) is 13.4. The molecule has 7 aromatic rings. The standard InChI is InChI=1S/C30H26O4P4/c1-35-31-23-13-24(32-36-2)20-10-6-16-18-8-12-22-26(34-38-4)14-25(33-37-3)21-11-7-17(28(18)30(21)22)15-5-9-19(23)29(20)27(15)16/h5-14,35-38H,1-4H3. The summed E-state index contributed by atoms with van der Waals surface area (Å²) >= 11 is 0. The molecule has 4 nitrogen and oxygen atoms in total. The third kappa shape index (κ3) is 3.44. The largest absolute Gasteiger partial charge is 0.477 e. The molecule has 0 heterocycles. The molecule has 0 aliphatic rings. The van der Waals surface area contributed by atoms with Gasteiger partial charge in [-0.2, -0.15) is 0 Å². The average molecular weight is 574 g/mol. The van der Waals surface area contributed by atoms with Crippen LogP contribution in [0.2, 0.25) is 0 Å². The van der Waals surface area contributed by atoms with Gasteiger partial charge in [-0.05, 0) is 83.2 Å². The van der Waals surface area contributed by atoms with Crippen molar-refractivity contribution in [2.45, 2.75) is 0 Å². The lowest BCUT2D eigenvalue weighted by Crippen LogP contribution is -1.94. The molecule has 38 heavy (non-hydrogen) atoms. The Labute approximate surface area is 227 Å². The van der Waals surface area contributed by atoms with E-state index in [9.17, 15) is 0 Å². The van der Waals surface area contributed by atoms with E-state index in [1.54, 1.807) is 0 Å². The Bertz CT molecular complexity index is 1710. The number of hydrogen-bond donors (Lipinski definition) is 0. The molecule has 0 aromatic heterocycles. The van der Waals surface area contributed by atoms with Crippen molar-refractivity contribution in [1.82, 2.24) is 0 Å². The summed E-state index contributed by atoms with van der Waals surface area (Å²) in [5, 5.41) is 14.4. The van der Waals surface area contributed by atoms with Gasteiger partial charge in [0.25, 0.3) is 0 Å². The Morgan fingerprint density at radius 3 is 0.789 bits per heavy atom. The lowest BCUT2D eigenvalue weighted by Gasteiger charge is -2.21. The third-order valence-electron chi connectivity index (χ3n) is 7.34. The van der Waals surface area contributed by atoms with Crippen LogP contribution in [0.25, 0.3) is 64.6 Å². The van der Waals surface area contributed by atoms with Crippen LogP contribution in [-0.2, 0) is 0 Å². The van der Waals surface area contributed by atoms with Crippen LogP contribution in [0.1, 0.15) is 0 Å². The van der Waals surface area contributed by atoms with Crippen molar-refractivity contribution in [3.8, 4) is 23.0 Å². The highest BCUT2D eigenvalue weighted by molar-refractivity contribution is 7.32. The van der Waals surface area contributed by atoms with Crippen molar-refractivity contribution < 1.29 is 18.1 Å². The van der Waals surface area contributed by atoms with Gasteiger partial charge >= 0.3 is 0 Å². The van der Waals surface area contributed by atoms with Crippen molar-refractivity contribution >= 4 is 99.9 Å². The fraction of sp³-hybridized carbons (Fsp3) is 0.133. The first-order valence-corrected chi connectivity index (χ1v) is 18.1. The van der Waals surface area contributed by atoms with Crippen molar-refractivity contribution in [3.05, 3.63) is 60.7 Å². The zero-order valence-electron chi connectivity index (χ0n) is 21.4. The lowest BCUT2D eigenvalue weighted by molar-refractivity contribution is 0.616. The van der Waals surface area contributed by atoms with Crippen molar-refractivity contribution in [3.63, 3.8) is 0 Å². The van der Waals surface area contributed by atoms with E-state index in [0.29, 0.717) is 35.2 Å². The molecule has 0 aliphatic carbocycles. The van der Waals surface area contributed by atoms with Crippen molar-refractivity contribution in [2.75, 3.05) is 26.7 Å². The van der Waals surface area contributed by atoms with Gasteiger partial charge < -0.3 is 18.1 Å². The zero-order chi connectivity index (χ0) is 26.0. The Morgan fingerprint density at radius 1 is 0.342 bits per heavy atom. The number of hydrogen-bond acceptors (Lipinski definition) is 4. The minimum atomic E-state index is 0.357. The number of benzene rings is 7. The molecular weight excluding hydrogens is 548 g/mol. The van der Waals surface area contributed by atoms with Gasteiger partial charge in [-0.15, -0.1) is 0 Å². The van der Waals surface area contributed by atoms with Gasteiger partial charge in [-0.1, -0.05) is 24.3 Å². The summed E-state index contributed by atoms with van der Waals surface area (Å²) in [5.74, 6) is 3.54. The monoisotopic (exact) mass is 574 g/mol. The second kappa shape index (κ2) is 9.62. The van der Waals surface area contributed by atoms with E-state index in [1.165, 1.54) is 43.1 Å². The van der Waals surface area contributed by atoms with Crippen LogP contribution in [0, 0.1) is 0 Å². The zero-order valence-corrected chi connectivity index (χ0v) is 25.4. The maximum absolute atomic E-state index is 6.14. The molecular formula is C30H26O4P4. The molecule has 0 saturated heterocycles. The fourth-order valence-electron chi connectivity index (χ4n) is 6.04. The van der Waals surface area contributed by atoms with Crippen LogP contribution in [-0.4, -0.2) is 26.7 Å². The van der Waals surface area contributed by atoms with Gasteiger partial charge in [-0.3, -0.25) is 0 Å². The van der Waals surface area contributed by atoms with E-state index in [4.69, 9.17) is 18.1 Å². The van der Waals surface area contributed by atoms with Crippen LogP contribution in [0.15, 0.2) is 60.7 Å². The molecule has 0 aliphatic heterocycles. The second-order valence-corrected chi connectivity index (χ2v) is 11.6. The van der Waals surface area contributed by atoms with E-state index in [2.05, 4.69) is 87.3 Å². The summed E-state index contributed by atoms with van der Waals surface area (Å²) < 4.78 is 24.6. The van der Waals surface area contributed by atoms with E-state index in [-0.39, 0.29) is 0 Å². The van der Waals surface area contributed by atoms with E-state index in [1.807, 2.05) is 0 Å². The summed E-state index contributed by atoms with van der Waals surface area (Å²) in [5.41, 5.74) is 0. The quantitative estimate of drug-likeness (QED) is 0.103. The average Bonchev–Trinajstić information content (AvgIpc) is 2.93. The van der Waals surface area contributed by atoms with Crippen molar-refractivity contribution in [2.24, 2.45) is 0 Å². The smallest absolute Gasteiger partial charge is 0.134 e. The Morgan fingerprint density at radius 2 is 0.553 bits per heavy atom. The lowest BCUT2D eigenvalue weighted by atomic mass is 9.85. The first-order chi connectivity index (χ1) is 18.7. The topological polar surface area (TPSA) is 36.9 Å². The van der Waals surface area contributed by atoms with Crippen LogP contribution < -0.4 is 18.1 Å². The summed E-state index contributed by atoms with van der Waals surface area (Å²) in [6.07, 6.45) is 0. The van der Waals surface area contributed by atoms with Gasteiger partial charge in [0.05, 0.1) is 35.2 Å². The molecule has 0 spiro atoms. The highest BCUT2D eigenvalue weighted by Crippen LogP contribution is 2.51. The molecule has 4 unspecified atom stereocenters.